The zero-order valence-electron chi connectivity index (χ0n) is 17.5. The number of hydrogen-bond donors (Lipinski definition) is 1. The second kappa shape index (κ2) is 8.72. The van der Waals surface area contributed by atoms with Gasteiger partial charge in [0.15, 0.2) is 5.17 Å². The summed E-state index contributed by atoms with van der Waals surface area (Å²) in [5, 5.41) is 14.1. The van der Waals surface area contributed by atoms with E-state index in [1.165, 1.54) is 23.9 Å². The predicted molar refractivity (Wildman–Crippen MR) is 124 cm³/mol. The number of thioether (sulfide) groups is 1. The van der Waals surface area contributed by atoms with E-state index in [1.54, 1.807) is 38.3 Å². The maximum Gasteiger partial charge on any atom is 0.269 e. The fraction of sp³-hybridized carbons (Fsp3) is 0.130. The van der Waals surface area contributed by atoms with Gasteiger partial charge in [-0.25, -0.2) is 4.99 Å². The van der Waals surface area contributed by atoms with Gasteiger partial charge in [-0.15, -0.1) is 0 Å². The highest BCUT2D eigenvalue weighted by Gasteiger charge is 2.25. The second-order valence-electron chi connectivity index (χ2n) is 7.12. The number of nitro benzene ring substituents is 1. The number of furan rings is 1. The number of aryl methyl sites for hydroxylation is 2. The van der Waals surface area contributed by atoms with Crippen molar-refractivity contribution in [3.8, 4) is 17.1 Å². The fourth-order valence-corrected chi connectivity index (χ4v) is 4.03. The average molecular weight is 449 g/mol. The maximum atomic E-state index is 12.4. The molecule has 0 bridgehead atoms. The van der Waals surface area contributed by atoms with E-state index in [-0.39, 0.29) is 11.6 Å². The molecule has 1 aromatic heterocycles. The molecule has 9 heteroatoms. The van der Waals surface area contributed by atoms with Crippen molar-refractivity contribution in [2.75, 3.05) is 7.11 Å². The van der Waals surface area contributed by atoms with Crippen LogP contribution in [-0.4, -0.2) is 23.1 Å². The molecule has 3 aromatic rings. The van der Waals surface area contributed by atoms with Gasteiger partial charge in [0.05, 0.1) is 16.9 Å². The monoisotopic (exact) mass is 449 g/mol. The van der Waals surface area contributed by atoms with Gasteiger partial charge in [-0.05, 0) is 67.1 Å². The highest BCUT2D eigenvalue weighted by Crippen LogP contribution is 2.34. The number of carbonyl (C=O) groups excluding carboxylic acids is 1. The quantitative estimate of drug-likeness (QED) is 0.319. The number of ether oxygens (including phenoxy) is 1. The summed E-state index contributed by atoms with van der Waals surface area (Å²) in [4.78, 5) is 27.9. The number of nitrogens with zero attached hydrogens (tertiary/aromatic N) is 2. The van der Waals surface area contributed by atoms with Crippen LogP contribution < -0.4 is 10.1 Å². The van der Waals surface area contributed by atoms with Crippen molar-refractivity contribution in [3.63, 3.8) is 0 Å². The minimum atomic E-state index is -0.434. The number of methoxy groups -OCH3 is 1. The Morgan fingerprint density at radius 2 is 1.97 bits per heavy atom. The molecule has 1 amide bonds. The Morgan fingerprint density at radius 3 is 2.69 bits per heavy atom. The van der Waals surface area contributed by atoms with Crippen LogP contribution >= 0.6 is 11.8 Å². The predicted octanol–water partition coefficient (Wildman–Crippen LogP) is 5.37. The van der Waals surface area contributed by atoms with Crippen molar-refractivity contribution in [1.29, 1.82) is 0 Å². The van der Waals surface area contributed by atoms with Gasteiger partial charge in [-0.2, -0.15) is 0 Å². The van der Waals surface area contributed by atoms with Crippen LogP contribution in [0.25, 0.3) is 17.4 Å². The third-order valence-corrected chi connectivity index (χ3v) is 5.70. The highest BCUT2D eigenvalue weighted by atomic mass is 32.2. The normalized spacial score (nSPS) is 15.9. The number of benzene rings is 2. The van der Waals surface area contributed by atoms with Gasteiger partial charge in [0.25, 0.3) is 11.6 Å². The molecule has 1 fully saturated rings. The Hall–Kier alpha value is -3.85. The van der Waals surface area contributed by atoms with Crippen LogP contribution in [-0.2, 0) is 4.79 Å². The first-order chi connectivity index (χ1) is 15.3. The van der Waals surface area contributed by atoms with Crippen LogP contribution in [0.4, 0.5) is 11.4 Å². The molecule has 4 rings (SSSR count). The van der Waals surface area contributed by atoms with Crippen LogP contribution in [0.5, 0.6) is 5.75 Å². The molecular formula is C23H19N3O5S. The van der Waals surface area contributed by atoms with Gasteiger partial charge in [0.1, 0.15) is 23.0 Å². The molecule has 8 nitrogen and oxygen atoms in total. The van der Waals surface area contributed by atoms with E-state index in [9.17, 15) is 14.9 Å². The van der Waals surface area contributed by atoms with E-state index in [0.29, 0.717) is 33.0 Å². The summed E-state index contributed by atoms with van der Waals surface area (Å²) < 4.78 is 11.2. The van der Waals surface area contributed by atoms with Gasteiger partial charge < -0.3 is 14.5 Å². The van der Waals surface area contributed by atoms with Crippen LogP contribution in [0.1, 0.15) is 16.9 Å². The standard InChI is InChI=1S/C23H19N3O5S/c1-13-4-8-20(30-3)18(10-13)24-23-25-22(27)21(32-23)12-16-6-9-19(31-16)17-7-5-15(26(28)29)11-14(17)2/h4-12H,1-3H3,(H,24,25,27)/b21-12-. The molecule has 0 radical (unpaired) electrons. The third kappa shape index (κ3) is 4.42. The number of non-ortho nitro benzene ring substituents is 1. The minimum absolute atomic E-state index is 0.0243. The fourth-order valence-electron chi connectivity index (χ4n) is 3.22. The molecule has 1 aliphatic heterocycles. The molecular weight excluding hydrogens is 430 g/mol. The first-order valence-electron chi connectivity index (χ1n) is 9.63. The van der Waals surface area contributed by atoms with Gasteiger partial charge in [-0.1, -0.05) is 6.07 Å². The summed E-state index contributed by atoms with van der Waals surface area (Å²) in [7, 11) is 1.57. The number of nitro groups is 1. The minimum Gasteiger partial charge on any atom is -0.494 e. The van der Waals surface area contributed by atoms with Gasteiger partial charge in [0, 0.05) is 23.8 Å². The number of rotatable bonds is 5. The molecule has 1 N–H and O–H groups in total. The van der Waals surface area contributed by atoms with Gasteiger partial charge in [0.2, 0.25) is 0 Å². The maximum absolute atomic E-state index is 12.4. The SMILES string of the molecule is COc1ccc(C)cc1N=C1NC(=O)/C(=C/c2ccc(-c3ccc([N+](=O)[O-])cc3C)o2)S1. The van der Waals surface area contributed by atoms with Crippen molar-refractivity contribution in [1.82, 2.24) is 5.32 Å². The van der Waals surface area contributed by atoms with Crippen molar-refractivity contribution < 1.29 is 18.9 Å². The third-order valence-electron chi connectivity index (χ3n) is 4.79. The van der Waals surface area contributed by atoms with E-state index in [2.05, 4.69) is 10.3 Å². The Morgan fingerprint density at radius 1 is 1.16 bits per heavy atom. The van der Waals surface area contributed by atoms with Crippen molar-refractivity contribution in [3.05, 3.63) is 80.4 Å². The number of aliphatic imine (C=N–C) groups is 1. The molecule has 0 unspecified atom stereocenters. The van der Waals surface area contributed by atoms with E-state index in [4.69, 9.17) is 9.15 Å². The molecule has 0 saturated carbocycles. The van der Waals surface area contributed by atoms with Crippen LogP contribution in [0.15, 0.2) is 62.8 Å². The lowest BCUT2D eigenvalue weighted by atomic mass is 10.1. The van der Waals surface area contributed by atoms with E-state index in [0.717, 1.165) is 16.7 Å². The van der Waals surface area contributed by atoms with E-state index >= 15 is 0 Å². The van der Waals surface area contributed by atoms with Gasteiger partial charge in [-0.3, -0.25) is 14.9 Å². The van der Waals surface area contributed by atoms with Crippen LogP contribution in [0.2, 0.25) is 0 Å². The van der Waals surface area contributed by atoms with Crippen LogP contribution in [0.3, 0.4) is 0 Å². The summed E-state index contributed by atoms with van der Waals surface area (Å²) in [6.45, 7) is 3.74. The molecule has 32 heavy (non-hydrogen) atoms. The number of nitrogens with one attached hydrogen (secondary N) is 1. The highest BCUT2D eigenvalue weighted by molar-refractivity contribution is 8.18. The molecule has 0 spiro atoms. The number of hydrogen-bond acceptors (Lipinski definition) is 7. The zero-order valence-corrected chi connectivity index (χ0v) is 18.4. The van der Waals surface area contributed by atoms with Gasteiger partial charge >= 0.3 is 0 Å². The molecule has 1 saturated heterocycles. The molecule has 2 aromatic carbocycles. The molecule has 1 aliphatic rings. The van der Waals surface area contributed by atoms with E-state index < -0.39 is 4.92 Å². The Balaban J connectivity index is 1.57. The Bertz CT molecular complexity index is 1290. The Kier molecular flexibility index (Phi) is 5.83. The van der Waals surface area contributed by atoms with E-state index in [1.807, 2.05) is 25.1 Å². The van der Waals surface area contributed by atoms with Crippen molar-refractivity contribution in [2.45, 2.75) is 13.8 Å². The number of amides is 1. The zero-order chi connectivity index (χ0) is 22.8. The van der Waals surface area contributed by atoms with Crippen LogP contribution in [0, 0.1) is 24.0 Å². The lowest BCUT2D eigenvalue weighted by molar-refractivity contribution is -0.384. The van der Waals surface area contributed by atoms with Crippen molar-refractivity contribution >= 4 is 40.3 Å². The average Bonchev–Trinajstić information content (AvgIpc) is 3.34. The summed E-state index contributed by atoms with van der Waals surface area (Å²) in [5.74, 6) is 1.39. The molecule has 162 valence electrons. The summed E-state index contributed by atoms with van der Waals surface area (Å²) in [6, 6.07) is 13.7. The molecule has 2 heterocycles. The smallest absolute Gasteiger partial charge is 0.269 e. The topological polar surface area (TPSA) is 107 Å². The molecule has 0 atom stereocenters. The lowest BCUT2D eigenvalue weighted by Gasteiger charge is -2.05. The van der Waals surface area contributed by atoms with Crippen molar-refractivity contribution in [2.24, 2.45) is 4.99 Å². The first kappa shape index (κ1) is 21.4. The summed E-state index contributed by atoms with van der Waals surface area (Å²) >= 11 is 1.21. The summed E-state index contributed by atoms with van der Waals surface area (Å²) in [6.07, 6.45) is 1.64. The molecule has 0 aliphatic carbocycles. The summed E-state index contributed by atoms with van der Waals surface area (Å²) in [5.41, 5.74) is 3.15. The largest absolute Gasteiger partial charge is 0.494 e. The number of amidine groups is 1. The Labute approximate surface area is 188 Å². The first-order valence-corrected chi connectivity index (χ1v) is 10.4. The lowest BCUT2D eigenvalue weighted by Crippen LogP contribution is -2.19. The second-order valence-corrected chi connectivity index (χ2v) is 8.15. The number of carbonyl (C=O) groups is 1.